The molecule has 0 aromatic heterocycles. The van der Waals surface area contributed by atoms with Gasteiger partial charge in [0.15, 0.2) is 5.78 Å². The van der Waals surface area contributed by atoms with Crippen molar-refractivity contribution >= 4 is 17.5 Å². The number of hydrogen-bond donors (Lipinski definition) is 2. The van der Waals surface area contributed by atoms with Gasteiger partial charge >= 0.3 is 5.97 Å². The Morgan fingerprint density at radius 3 is 2.48 bits per heavy atom. The Kier molecular flexibility index (Phi) is 3.24. The predicted molar refractivity (Wildman–Crippen MR) is 86.1 cm³/mol. The number of Topliss-reactive ketones (excluding diaryl/α,β-unsaturated/α-hetero) is 1. The molecule has 4 aliphatic rings. The second kappa shape index (κ2) is 4.80. The average molecular weight is 348 g/mol. The third-order valence-corrected chi connectivity index (χ3v) is 7.71. The summed E-state index contributed by atoms with van der Waals surface area (Å²) in [5, 5.41) is 21.9. The maximum atomic E-state index is 13.2. The van der Waals surface area contributed by atoms with Crippen LogP contribution >= 0.6 is 0 Å². The van der Waals surface area contributed by atoms with Gasteiger partial charge in [-0.1, -0.05) is 26.3 Å². The number of fused-ring (bicyclic) bond motifs is 6. The second-order valence-corrected chi connectivity index (χ2v) is 8.73. The van der Waals surface area contributed by atoms with Crippen LogP contribution in [0.15, 0.2) is 11.6 Å². The van der Waals surface area contributed by atoms with Crippen molar-refractivity contribution in [2.45, 2.75) is 52.4 Å². The van der Waals surface area contributed by atoms with Crippen molar-refractivity contribution in [2.75, 3.05) is 0 Å². The highest BCUT2D eigenvalue weighted by molar-refractivity contribution is 5.98. The van der Waals surface area contributed by atoms with Gasteiger partial charge in [0.2, 0.25) is 0 Å². The predicted octanol–water partition coefficient (Wildman–Crippen LogP) is 0.646. The Hall–Kier alpha value is -1.53. The van der Waals surface area contributed by atoms with Crippen LogP contribution in [0.3, 0.4) is 0 Å². The maximum Gasteiger partial charge on any atom is 0.310 e. The van der Waals surface area contributed by atoms with Gasteiger partial charge in [-0.2, -0.15) is 0 Å². The molecular weight excluding hydrogens is 324 g/mol. The number of carbonyl (C=O) groups is 3. The fraction of sp³-hybridized carbons (Fsp3) is 0.737. The van der Waals surface area contributed by atoms with Crippen molar-refractivity contribution < 1.29 is 29.3 Å². The van der Waals surface area contributed by atoms with Gasteiger partial charge in [-0.05, 0) is 18.9 Å². The first-order valence-corrected chi connectivity index (χ1v) is 8.88. The zero-order valence-electron chi connectivity index (χ0n) is 14.9. The molecule has 4 rings (SSSR count). The van der Waals surface area contributed by atoms with E-state index in [0.717, 1.165) is 5.57 Å². The lowest BCUT2D eigenvalue weighted by molar-refractivity contribution is -0.208. The SMILES string of the molecule is CC1=CC(=O)[C@@H](O)[C@@]2(C)[C@H]1CC(=O)[C@@]1(C)[C@@H]3C(=O)O[C@@H]([C@@H]3C)[C@H](O)[C@@H]12. The summed E-state index contributed by atoms with van der Waals surface area (Å²) < 4.78 is 5.41. The maximum absolute atomic E-state index is 13.2. The summed E-state index contributed by atoms with van der Waals surface area (Å²) in [5.41, 5.74) is -1.41. The lowest BCUT2D eigenvalue weighted by Gasteiger charge is -2.62. The molecule has 3 aliphatic carbocycles. The number of aliphatic hydroxyl groups is 2. The molecule has 0 aromatic carbocycles. The molecule has 6 nitrogen and oxygen atoms in total. The molecular formula is C19H24O6. The van der Waals surface area contributed by atoms with E-state index in [1.165, 1.54) is 6.08 Å². The summed E-state index contributed by atoms with van der Waals surface area (Å²) in [6.45, 7) is 7.09. The molecule has 6 heteroatoms. The first-order valence-electron chi connectivity index (χ1n) is 8.88. The molecule has 2 saturated carbocycles. The Morgan fingerprint density at radius 2 is 1.84 bits per heavy atom. The summed E-state index contributed by atoms with van der Waals surface area (Å²) in [6, 6.07) is 0. The molecule has 0 spiro atoms. The lowest BCUT2D eigenvalue weighted by Crippen LogP contribution is -2.70. The fourth-order valence-electron chi connectivity index (χ4n) is 6.55. The second-order valence-electron chi connectivity index (χ2n) is 8.73. The van der Waals surface area contributed by atoms with Gasteiger partial charge in [-0.25, -0.2) is 0 Å². The quantitative estimate of drug-likeness (QED) is 0.623. The van der Waals surface area contributed by atoms with E-state index in [1.807, 2.05) is 6.92 Å². The fourth-order valence-corrected chi connectivity index (χ4v) is 6.55. The molecule has 136 valence electrons. The lowest BCUT2D eigenvalue weighted by atomic mass is 9.40. The Bertz CT molecular complexity index is 725. The summed E-state index contributed by atoms with van der Waals surface area (Å²) >= 11 is 0. The number of aliphatic hydroxyl groups excluding tert-OH is 2. The molecule has 1 aliphatic heterocycles. The molecule has 0 aromatic rings. The minimum absolute atomic E-state index is 0.0949. The van der Waals surface area contributed by atoms with Gasteiger partial charge in [-0.15, -0.1) is 0 Å². The van der Waals surface area contributed by atoms with E-state index in [1.54, 1.807) is 20.8 Å². The van der Waals surface area contributed by atoms with Crippen LogP contribution in [0, 0.1) is 34.5 Å². The highest BCUT2D eigenvalue weighted by Crippen LogP contribution is 2.66. The van der Waals surface area contributed by atoms with Crippen LogP contribution in [0.2, 0.25) is 0 Å². The van der Waals surface area contributed by atoms with Crippen LogP contribution in [0.25, 0.3) is 0 Å². The van der Waals surface area contributed by atoms with Crippen molar-refractivity contribution in [3.63, 3.8) is 0 Å². The molecule has 0 radical (unpaired) electrons. The van der Waals surface area contributed by atoms with Gasteiger partial charge in [0, 0.05) is 29.1 Å². The van der Waals surface area contributed by atoms with Gasteiger partial charge in [-0.3, -0.25) is 14.4 Å². The number of allylic oxidation sites excluding steroid dienone is 1. The Labute approximate surface area is 146 Å². The third kappa shape index (κ3) is 1.70. The van der Waals surface area contributed by atoms with Crippen LogP contribution in [-0.4, -0.2) is 46.1 Å². The first kappa shape index (κ1) is 16.9. The standard InChI is InChI=1S/C19H24O6/c1-7-5-10(20)16(23)18(3)9(7)6-11(21)19(4)12-8(2)14(25-17(12)24)13(22)15(18)19/h5,8-9,12-16,22-23H,6H2,1-4H3/t8-,9+,12+,13+,14+,15-,16-,18+,19+/m1/s1. The number of esters is 1. The summed E-state index contributed by atoms with van der Waals surface area (Å²) in [4.78, 5) is 38.0. The largest absolute Gasteiger partial charge is 0.459 e. The van der Waals surface area contributed by atoms with E-state index in [0.29, 0.717) is 0 Å². The molecule has 9 atom stereocenters. The molecule has 0 unspecified atom stereocenters. The molecule has 0 amide bonds. The number of rotatable bonds is 0. The van der Waals surface area contributed by atoms with Gasteiger partial charge in [0.05, 0.1) is 12.0 Å². The number of hydrogen-bond acceptors (Lipinski definition) is 6. The van der Waals surface area contributed by atoms with E-state index in [4.69, 9.17) is 4.74 Å². The normalized spacial score (nSPS) is 54.6. The van der Waals surface area contributed by atoms with Gasteiger partial charge < -0.3 is 14.9 Å². The van der Waals surface area contributed by atoms with E-state index in [9.17, 15) is 24.6 Å². The minimum Gasteiger partial charge on any atom is -0.459 e. The topological polar surface area (TPSA) is 101 Å². The Balaban J connectivity index is 1.96. The monoisotopic (exact) mass is 348 g/mol. The van der Waals surface area contributed by atoms with Crippen LogP contribution in [0.4, 0.5) is 0 Å². The van der Waals surface area contributed by atoms with Crippen LogP contribution in [-0.2, 0) is 19.1 Å². The smallest absolute Gasteiger partial charge is 0.310 e. The van der Waals surface area contributed by atoms with Gasteiger partial charge in [0.1, 0.15) is 18.0 Å². The van der Waals surface area contributed by atoms with Crippen LogP contribution in [0.1, 0.15) is 34.1 Å². The molecule has 25 heavy (non-hydrogen) atoms. The Morgan fingerprint density at radius 1 is 1.20 bits per heavy atom. The van der Waals surface area contributed by atoms with Crippen molar-refractivity contribution in [1.29, 1.82) is 0 Å². The van der Waals surface area contributed by atoms with Crippen molar-refractivity contribution in [3.05, 3.63) is 11.6 Å². The van der Waals surface area contributed by atoms with Crippen molar-refractivity contribution in [3.8, 4) is 0 Å². The van der Waals surface area contributed by atoms with Crippen molar-refractivity contribution in [2.24, 2.45) is 34.5 Å². The summed E-state index contributed by atoms with van der Waals surface area (Å²) in [6.07, 6.45) is -1.54. The summed E-state index contributed by atoms with van der Waals surface area (Å²) in [5.74, 6) is -2.93. The molecule has 1 saturated heterocycles. The van der Waals surface area contributed by atoms with E-state index < -0.39 is 52.7 Å². The van der Waals surface area contributed by atoms with Gasteiger partial charge in [0.25, 0.3) is 0 Å². The minimum atomic E-state index is -1.31. The average Bonchev–Trinajstić information content (AvgIpc) is 2.78. The highest BCUT2D eigenvalue weighted by Gasteiger charge is 2.74. The zero-order valence-corrected chi connectivity index (χ0v) is 14.9. The van der Waals surface area contributed by atoms with Crippen LogP contribution in [0.5, 0.6) is 0 Å². The van der Waals surface area contributed by atoms with E-state index in [-0.39, 0.29) is 24.0 Å². The first-order chi connectivity index (χ1) is 11.6. The van der Waals surface area contributed by atoms with E-state index in [2.05, 4.69) is 0 Å². The number of ketones is 2. The number of ether oxygens (including phenoxy) is 1. The van der Waals surface area contributed by atoms with Crippen LogP contribution < -0.4 is 0 Å². The third-order valence-electron chi connectivity index (χ3n) is 7.71. The molecule has 1 heterocycles. The molecule has 3 fully saturated rings. The summed E-state index contributed by atoms with van der Waals surface area (Å²) in [7, 11) is 0. The molecule has 2 bridgehead atoms. The zero-order chi connectivity index (χ0) is 18.5. The highest BCUT2D eigenvalue weighted by atomic mass is 16.6. The number of carbonyl (C=O) groups excluding carboxylic acids is 3. The van der Waals surface area contributed by atoms with E-state index >= 15 is 0 Å². The van der Waals surface area contributed by atoms with Crippen molar-refractivity contribution in [1.82, 2.24) is 0 Å². The molecule has 2 N–H and O–H groups in total.